The maximum absolute atomic E-state index is 5.96. The van der Waals surface area contributed by atoms with E-state index in [-0.39, 0.29) is 17.7 Å². The molecule has 2 aromatic heterocycles. The van der Waals surface area contributed by atoms with E-state index in [1.165, 1.54) is 12.6 Å². The number of nitrogen functional groups attached to an aromatic ring is 2. The molecule has 1 aromatic carbocycles. The van der Waals surface area contributed by atoms with Crippen molar-refractivity contribution in [2.75, 3.05) is 11.5 Å². The van der Waals surface area contributed by atoms with Crippen molar-refractivity contribution < 1.29 is 9.26 Å². The van der Waals surface area contributed by atoms with Gasteiger partial charge in [-0.3, -0.25) is 0 Å². The summed E-state index contributed by atoms with van der Waals surface area (Å²) in [4.78, 5) is 11.9. The van der Waals surface area contributed by atoms with Crippen LogP contribution in [0.1, 0.15) is 30.9 Å². The second kappa shape index (κ2) is 6.15. The highest BCUT2D eigenvalue weighted by atomic mass is 16.5. The Balaban J connectivity index is 2.09. The molecule has 0 atom stereocenters. The van der Waals surface area contributed by atoms with Crippen molar-refractivity contribution in [1.82, 2.24) is 20.1 Å². The number of benzene rings is 1. The van der Waals surface area contributed by atoms with Crippen molar-refractivity contribution in [3.05, 3.63) is 35.9 Å². The predicted octanol–water partition coefficient (Wildman–Crippen LogP) is 2.92. The van der Waals surface area contributed by atoms with Crippen LogP contribution in [0.5, 0.6) is 11.5 Å². The number of ether oxygens (including phenoxy) is 1. The number of nitrogens with two attached hydrogens (primary N) is 2. The van der Waals surface area contributed by atoms with Crippen LogP contribution >= 0.6 is 0 Å². The Morgan fingerprint density at radius 2 is 1.92 bits per heavy atom. The number of aryl methyl sites for hydroxylation is 1. The smallest absolute Gasteiger partial charge is 0.222 e. The molecule has 124 valence electrons. The third-order valence-electron chi connectivity index (χ3n) is 3.60. The summed E-state index contributed by atoms with van der Waals surface area (Å²) in [6.45, 7) is 6.15. The van der Waals surface area contributed by atoms with Gasteiger partial charge in [0.1, 0.15) is 5.75 Å². The Morgan fingerprint density at radius 1 is 1.12 bits per heavy atom. The molecule has 4 N–H and O–H groups in total. The van der Waals surface area contributed by atoms with Gasteiger partial charge in [-0.1, -0.05) is 25.1 Å². The van der Waals surface area contributed by atoms with Crippen LogP contribution in [0.3, 0.4) is 0 Å². The Morgan fingerprint density at radius 3 is 2.54 bits per heavy atom. The lowest BCUT2D eigenvalue weighted by Crippen LogP contribution is -2.03. The van der Waals surface area contributed by atoms with Gasteiger partial charge in [-0.15, -0.1) is 0 Å². The SMILES string of the molecule is Cc1cc(C(C)C)c(Oc2cnc(N)nc2N)cc1-c1ncon1. The molecule has 0 unspecified atom stereocenters. The molecule has 0 spiro atoms. The van der Waals surface area contributed by atoms with Crippen molar-refractivity contribution in [1.29, 1.82) is 0 Å². The van der Waals surface area contributed by atoms with Gasteiger partial charge in [-0.25, -0.2) is 4.98 Å². The van der Waals surface area contributed by atoms with E-state index in [0.717, 1.165) is 16.7 Å². The first-order valence-electron chi connectivity index (χ1n) is 7.43. The number of aromatic nitrogens is 4. The zero-order chi connectivity index (χ0) is 17.3. The van der Waals surface area contributed by atoms with Crippen LogP contribution in [-0.4, -0.2) is 20.1 Å². The zero-order valence-electron chi connectivity index (χ0n) is 13.6. The quantitative estimate of drug-likeness (QED) is 0.749. The van der Waals surface area contributed by atoms with E-state index in [0.29, 0.717) is 17.3 Å². The second-order valence-corrected chi connectivity index (χ2v) is 5.69. The molecule has 0 saturated carbocycles. The van der Waals surface area contributed by atoms with Crippen molar-refractivity contribution >= 4 is 11.8 Å². The largest absolute Gasteiger partial charge is 0.452 e. The van der Waals surface area contributed by atoms with Gasteiger partial charge in [-0.2, -0.15) is 9.97 Å². The minimum atomic E-state index is 0.0975. The maximum Gasteiger partial charge on any atom is 0.222 e. The summed E-state index contributed by atoms with van der Waals surface area (Å²) in [5, 5.41) is 3.89. The molecule has 0 radical (unpaired) electrons. The van der Waals surface area contributed by atoms with Gasteiger partial charge < -0.3 is 20.7 Å². The molecule has 0 fully saturated rings. The Hall–Kier alpha value is -3.16. The monoisotopic (exact) mass is 326 g/mol. The fraction of sp³-hybridized carbons (Fsp3) is 0.250. The summed E-state index contributed by atoms with van der Waals surface area (Å²) in [6, 6.07) is 3.91. The van der Waals surface area contributed by atoms with Crippen LogP contribution in [0.25, 0.3) is 11.4 Å². The third-order valence-corrected chi connectivity index (χ3v) is 3.60. The molecular formula is C16H18N6O2. The number of hydrogen-bond acceptors (Lipinski definition) is 8. The first kappa shape index (κ1) is 15.7. The van der Waals surface area contributed by atoms with Crippen molar-refractivity contribution in [2.45, 2.75) is 26.7 Å². The van der Waals surface area contributed by atoms with E-state index >= 15 is 0 Å². The third kappa shape index (κ3) is 2.98. The Labute approximate surface area is 138 Å². The lowest BCUT2D eigenvalue weighted by molar-refractivity contribution is 0.418. The molecule has 0 saturated heterocycles. The molecule has 0 aliphatic heterocycles. The van der Waals surface area contributed by atoms with Gasteiger partial charge in [0.15, 0.2) is 11.6 Å². The second-order valence-electron chi connectivity index (χ2n) is 5.69. The Bertz CT molecular complexity index is 861. The summed E-state index contributed by atoms with van der Waals surface area (Å²) in [5.41, 5.74) is 14.2. The van der Waals surface area contributed by atoms with E-state index in [4.69, 9.17) is 20.7 Å². The normalized spacial score (nSPS) is 11.0. The maximum atomic E-state index is 5.96. The number of anilines is 2. The van der Waals surface area contributed by atoms with Crippen LogP contribution < -0.4 is 16.2 Å². The highest BCUT2D eigenvalue weighted by Crippen LogP contribution is 2.37. The van der Waals surface area contributed by atoms with Crippen LogP contribution in [0.15, 0.2) is 29.2 Å². The van der Waals surface area contributed by atoms with E-state index in [1.807, 2.05) is 19.1 Å². The molecule has 3 aromatic rings. The molecule has 2 heterocycles. The number of rotatable bonds is 4. The molecule has 0 aliphatic carbocycles. The summed E-state index contributed by atoms with van der Waals surface area (Å²) < 4.78 is 10.8. The summed E-state index contributed by atoms with van der Waals surface area (Å²) in [5.74, 6) is 1.99. The molecular weight excluding hydrogens is 308 g/mol. The first-order valence-corrected chi connectivity index (χ1v) is 7.43. The van der Waals surface area contributed by atoms with E-state index in [9.17, 15) is 0 Å². The lowest BCUT2D eigenvalue weighted by atomic mass is 9.96. The molecule has 3 rings (SSSR count). The first-order chi connectivity index (χ1) is 11.5. The van der Waals surface area contributed by atoms with E-state index in [1.54, 1.807) is 0 Å². The summed E-state index contributed by atoms with van der Waals surface area (Å²) >= 11 is 0. The number of hydrogen-bond donors (Lipinski definition) is 2. The van der Waals surface area contributed by atoms with Crippen LogP contribution in [0.4, 0.5) is 11.8 Å². The minimum absolute atomic E-state index is 0.0975. The van der Waals surface area contributed by atoms with E-state index in [2.05, 4.69) is 34.0 Å². The molecule has 8 nitrogen and oxygen atoms in total. The molecule has 0 bridgehead atoms. The van der Waals surface area contributed by atoms with Gasteiger partial charge in [0, 0.05) is 5.56 Å². The summed E-state index contributed by atoms with van der Waals surface area (Å²) in [7, 11) is 0. The van der Waals surface area contributed by atoms with Crippen molar-refractivity contribution in [2.24, 2.45) is 0 Å². The lowest BCUT2D eigenvalue weighted by Gasteiger charge is -2.17. The Kier molecular flexibility index (Phi) is 4.03. The molecule has 24 heavy (non-hydrogen) atoms. The van der Waals surface area contributed by atoms with Crippen LogP contribution in [-0.2, 0) is 0 Å². The minimum Gasteiger partial charge on any atom is -0.452 e. The fourth-order valence-corrected chi connectivity index (χ4v) is 2.38. The fourth-order valence-electron chi connectivity index (χ4n) is 2.38. The van der Waals surface area contributed by atoms with Gasteiger partial charge >= 0.3 is 0 Å². The van der Waals surface area contributed by atoms with Gasteiger partial charge in [-0.05, 0) is 30.0 Å². The predicted molar refractivity (Wildman–Crippen MR) is 89.5 cm³/mol. The van der Waals surface area contributed by atoms with Gasteiger partial charge in [0.25, 0.3) is 0 Å². The van der Waals surface area contributed by atoms with Crippen molar-refractivity contribution in [3.63, 3.8) is 0 Å². The zero-order valence-corrected chi connectivity index (χ0v) is 13.6. The van der Waals surface area contributed by atoms with Gasteiger partial charge in [0.05, 0.1) is 6.20 Å². The molecule has 8 heteroatoms. The molecule has 0 amide bonds. The summed E-state index contributed by atoms with van der Waals surface area (Å²) in [6.07, 6.45) is 2.74. The van der Waals surface area contributed by atoms with Crippen LogP contribution in [0, 0.1) is 6.92 Å². The van der Waals surface area contributed by atoms with Gasteiger partial charge in [0.2, 0.25) is 18.2 Å². The van der Waals surface area contributed by atoms with Crippen LogP contribution in [0.2, 0.25) is 0 Å². The topological polar surface area (TPSA) is 126 Å². The highest BCUT2D eigenvalue weighted by molar-refractivity contribution is 5.65. The average molecular weight is 326 g/mol. The van der Waals surface area contributed by atoms with E-state index < -0.39 is 0 Å². The molecule has 0 aliphatic rings. The average Bonchev–Trinajstić information content (AvgIpc) is 3.05. The number of nitrogens with zero attached hydrogens (tertiary/aromatic N) is 4. The van der Waals surface area contributed by atoms with Crippen molar-refractivity contribution in [3.8, 4) is 22.9 Å². The highest BCUT2D eigenvalue weighted by Gasteiger charge is 2.17. The standard InChI is InChI=1S/C16H18N6O2/c1-8(2)10-4-9(3)11(15-20-7-23-22-15)5-12(10)24-13-6-19-16(18)21-14(13)17/h4-8H,1-3H3,(H4,17,18,19,21).